The van der Waals surface area contributed by atoms with Crippen LogP contribution in [0.15, 0.2) is 35.5 Å². The van der Waals surface area contributed by atoms with Crippen LogP contribution in [0.3, 0.4) is 0 Å². The summed E-state index contributed by atoms with van der Waals surface area (Å²) < 4.78 is 0. The van der Waals surface area contributed by atoms with Crippen molar-refractivity contribution in [2.24, 2.45) is 11.8 Å². The zero-order valence-corrected chi connectivity index (χ0v) is 13.4. The number of carboxylic acid groups (broad SMARTS) is 2. The van der Waals surface area contributed by atoms with Gasteiger partial charge in [-0.05, 0) is 30.4 Å². The summed E-state index contributed by atoms with van der Waals surface area (Å²) in [4.78, 5) is 23.1. The molecule has 0 spiro atoms. The van der Waals surface area contributed by atoms with Gasteiger partial charge < -0.3 is 10.2 Å². The maximum atomic E-state index is 11.7. The van der Waals surface area contributed by atoms with Crippen molar-refractivity contribution in [3.05, 3.63) is 35.5 Å². The van der Waals surface area contributed by atoms with Gasteiger partial charge in [0.05, 0.1) is 5.92 Å². The average Bonchev–Trinajstić information content (AvgIpc) is 2.48. The molecule has 1 rings (SSSR count). The highest BCUT2D eigenvalue weighted by atomic mass is 16.4. The lowest BCUT2D eigenvalue weighted by molar-refractivity contribution is -0.140. The van der Waals surface area contributed by atoms with Gasteiger partial charge in [0.1, 0.15) is 5.92 Å². The van der Waals surface area contributed by atoms with Gasteiger partial charge in [-0.1, -0.05) is 57.4 Å². The largest absolute Gasteiger partial charge is 0.481 e. The van der Waals surface area contributed by atoms with E-state index in [0.717, 1.165) is 38.5 Å². The van der Waals surface area contributed by atoms with E-state index in [2.05, 4.69) is 6.92 Å². The molecule has 0 saturated heterocycles. The van der Waals surface area contributed by atoms with Crippen molar-refractivity contribution in [2.45, 2.75) is 52.4 Å². The molecule has 0 heterocycles. The Morgan fingerprint density at radius 1 is 1.05 bits per heavy atom. The minimum atomic E-state index is -0.987. The van der Waals surface area contributed by atoms with Gasteiger partial charge in [-0.2, -0.15) is 0 Å². The molecule has 1 aliphatic carbocycles. The summed E-state index contributed by atoms with van der Waals surface area (Å²) in [6, 6.07) is 0. The maximum Gasteiger partial charge on any atom is 0.315 e. The van der Waals surface area contributed by atoms with Crippen LogP contribution in [-0.4, -0.2) is 22.2 Å². The second-order valence-electron chi connectivity index (χ2n) is 5.64. The lowest BCUT2D eigenvalue weighted by Crippen LogP contribution is -2.29. The van der Waals surface area contributed by atoms with E-state index in [1.807, 2.05) is 19.1 Å². The van der Waals surface area contributed by atoms with Gasteiger partial charge in [-0.25, -0.2) is 0 Å². The number of aliphatic carboxylic acids is 2. The van der Waals surface area contributed by atoms with Gasteiger partial charge in [0.2, 0.25) is 0 Å². The van der Waals surface area contributed by atoms with Crippen molar-refractivity contribution in [2.75, 3.05) is 0 Å². The summed E-state index contributed by atoms with van der Waals surface area (Å²) in [6.45, 7) is 4.13. The zero-order valence-electron chi connectivity index (χ0n) is 13.4. The number of allylic oxidation sites excluding steroid dienone is 3. The molecule has 0 fully saturated rings. The average molecular weight is 306 g/mol. The molecule has 0 aromatic rings. The monoisotopic (exact) mass is 306 g/mol. The molecule has 0 aromatic carbocycles. The van der Waals surface area contributed by atoms with Crippen LogP contribution in [0.1, 0.15) is 52.4 Å². The van der Waals surface area contributed by atoms with Gasteiger partial charge in [-0.15, -0.1) is 0 Å². The molecule has 0 saturated carbocycles. The highest BCUT2D eigenvalue weighted by Gasteiger charge is 2.35. The third kappa shape index (κ3) is 4.86. The topological polar surface area (TPSA) is 74.6 Å². The van der Waals surface area contributed by atoms with Gasteiger partial charge >= 0.3 is 11.9 Å². The summed E-state index contributed by atoms with van der Waals surface area (Å²) in [6.07, 6.45) is 12.6. The lowest BCUT2D eigenvalue weighted by atomic mass is 9.77. The van der Waals surface area contributed by atoms with Crippen LogP contribution in [0.25, 0.3) is 0 Å². The molecule has 2 unspecified atom stereocenters. The highest BCUT2D eigenvalue weighted by Crippen LogP contribution is 2.35. The van der Waals surface area contributed by atoms with E-state index in [4.69, 9.17) is 0 Å². The summed E-state index contributed by atoms with van der Waals surface area (Å²) in [5.74, 6) is -3.63. The molecule has 0 amide bonds. The van der Waals surface area contributed by atoms with E-state index in [1.165, 1.54) is 0 Å². The Bertz CT molecular complexity index is 485. The van der Waals surface area contributed by atoms with Crippen molar-refractivity contribution < 1.29 is 19.8 Å². The molecule has 0 radical (unpaired) electrons. The summed E-state index contributed by atoms with van der Waals surface area (Å²) in [7, 11) is 0. The van der Waals surface area contributed by atoms with Crippen molar-refractivity contribution in [1.82, 2.24) is 0 Å². The highest BCUT2D eigenvalue weighted by molar-refractivity contribution is 5.85. The fraction of sp³-hybridized carbons (Fsp3) is 0.556. The Labute approximate surface area is 132 Å². The quantitative estimate of drug-likeness (QED) is 0.521. The molecule has 22 heavy (non-hydrogen) atoms. The van der Waals surface area contributed by atoms with E-state index >= 15 is 0 Å². The summed E-state index contributed by atoms with van der Waals surface area (Å²) >= 11 is 0. The van der Waals surface area contributed by atoms with Crippen molar-refractivity contribution in [1.29, 1.82) is 0 Å². The third-order valence-corrected chi connectivity index (χ3v) is 3.88. The number of carboxylic acids is 2. The summed E-state index contributed by atoms with van der Waals surface area (Å²) in [5, 5.41) is 18.9. The fourth-order valence-corrected chi connectivity index (χ4v) is 2.70. The molecular weight excluding hydrogens is 280 g/mol. The standard InChI is InChI=1S/C18H26O4/c1-3-5-7-8-10-14-15(17(19)20)12-11-13(9-6-4-2)16(14)18(21)22/h9-12,15-16H,3-8H2,1-2H3,(H,19,20)(H,21,22). The Morgan fingerprint density at radius 2 is 1.77 bits per heavy atom. The second-order valence-corrected chi connectivity index (χ2v) is 5.64. The first-order chi connectivity index (χ1) is 10.5. The van der Waals surface area contributed by atoms with Gasteiger partial charge in [0.15, 0.2) is 0 Å². The van der Waals surface area contributed by atoms with E-state index < -0.39 is 23.8 Å². The van der Waals surface area contributed by atoms with Crippen molar-refractivity contribution in [3.8, 4) is 0 Å². The molecule has 0 aromatic heterocycles. The molecule has 122 valence electrons. The van der Waals surface area contributed by atoms with Gasteiger partial charge in [0.25, 0.3) is 0 Å². The first-order valence-corrected chi connectivity index (χ1v) is 8.06. The van der Waals surface area contributed by atoms with Crippen LogP contribution in [0.2, 0.25) is 0 Å². The Kier molecular flexibility index (Phi) is 7.64. The van der Waals surface area contributed by atoms with E-state index in [1.54, 1.807) is 12.2 Å². The van der Waals surface area contributed by atoms with Crippen LogP contribution in [0.4, 0.5) is 0 Å². The molecule has 1 aliphatic rings. The molecular formula is C18H26O4. The molecule has 4 heteroatoms. The van der Waals surface area contributed by atoms with Crippen molar-refractivity contribution in [3.63, 3.8) is 0 Å². The molecule has 2 atom stereocenters. The number of rotatable bonds is 8. The van der Waals surface area contributed by atoms with E-state index in [9.17, 15) is 19.8 Å². The normalized spacial score (nSPS) is 24.8. The maximum absolute atomic E-state index is 11.7. The van der Waals surface area contributed by atoms with Gasteiger partial charge in [0, 0.05) is 0 Å². The first-order valence-electron chi connectivity index (χ1n) is 8.06. The van der Waals surface area contributed by atoms with Crippen LogP contribution in [0, 0.1) is 11.8 Å². The molecule has 0 bridgehead atoms. The fourth-order valence-electron chi connectivity index (χ4n) is 2.70. The molecule has 4 nitrogen and oxygen atoms in total. The lowest BCUT2D eigenvalue weighted by Gasteiger charge is -2.26. The smallest absolute Gasteiger partial charge is 0.315 e. The third-order valence-electron chi connectivity index (χ3n) is 3.88. The molecule has 0 aliphatic heterocycles. The van der Waals surface area contributed by atoms with E-state index in [0.29, 0.717) is 11.1 Å². The number of hydrogen-bond acceptors (Lipinski definition) is 2. The van der Waals surface area contributed by atoms with Crippen LogP contribution in [0.5, 0.6) is 0 Å². The van der Waals surface area contributed by atoms with E-state index in [-0.39, 0.29) is 0 Å². The zero-order chi connectivity index (χ0) is 16.5. The van der Waals surface area contributed by atoms with Crippen LogP contribution in [-0.2, 0) is 9.59 Å². The Morgan fingerprint density at radius 3 is 2.32 bits per heavy atom. The van der Waals surface area contributed by atoms with Crippen LogP contribution < -0.4 is 0 Å². The minimum Gasteiger partial charge on any atom is -0.481 e. The van der Waals surface area contributed by atoms with Gasteiger partial charge in [-0.3, -0.25) is 9.59 Å². The SMILES string of the molecule is CCCC=C1C=CC(C(=O)O)C(=CCCCCC)C1C(=O)O. The summed E-state index contributed by atoms with van der Waals surface area (Å²) in [5.41, 5.74) is 1.20. The predicted molar refractivity (Wildman–Crippen MR) is 86.6 cm³/mol. The predicted octanol–water partition coefficient (Wildman–Crippen LogP) is 4.19. The second kappa shape index (κ2) is 9.23. The van der Waals surface area contributed by atoms with Crippen LogP contribution >= 0.6 is 0 Å². The minimum absolute atomic E-state index is 0.501. The number of carbonyl (C=O) groups is 2. The molecule has 2 N–H and O–H groups in total. The Hall–Kier alpha value is -1.84. The first kappa shape index (κ1) is 18.2. The number of unbranched alkanes of at least 4 members (excludes halogenated alkanes) is 4. The van der Waals surface area contributed by atoms with Crippen molar-refractivity contribution >= 4 is 11.9 Å². The Balaban J connectivity index is 3.13. The number of hydrogen-bond donors (Lipinski definition) is 2.